The van der Waals surface area contributed by atoms with Crippen LogP contribution in [0.4, 0.5) is 0 Å². The fourth-order valence-corrected chi connectivity index (χ4v) is 2.16. The summed E-state index contributed by atoms with van der Waals surface area (Å²) in [4.78, 5) is 24.2. The summed E-state index contributed by atoms with van der Waals surface area (Å²) in [6, 6.07) is 3.48. The normalized spacial score (nSPS) is 11.0. The van der Waals surface area contributed by atoms with Crippen LogP contribution in [0.2, 0.25) is 0 Å². The molecule has 1 amide bonds. The minimum absolute atomic E-state index is 0.216. The van der Waals surface area contributed by atoms with Crippen LogP contribution in [0.5, 0.6) is 0 Å². The number of fused-ring (bicyclic) bond motifs is 1. The highest BCUT2D eigenvalue weighted by atomic mass is 16.3. The molecule has 0 radical (unpaired) electrons. The highest BCUT2D eigenvalue weighted by molar-refractivity contribution is 5.77. The number of hydrogen-bond donors (Lipinski definition) is 1. The summed E-state index contributed by atoms with van der Waals surface area (Å²) < 4.78 is 7.57. The Morgan fingerprint density at radius 2 is 2.27 bits per heavy atom. The van der Waals surface area contributed by atoms with Crippen molar-refractivity contribution in [3.63, 3.8) is 0 Å². The molecule has 0 atom stereocenters. The molecule has 9 nitrogen and oxygen atoms in total. The van der Waals surface area contributed by atoms with Gasteiger partial charge in [0.2, 0.25) is 5.91 Å². The third-order valence-electron chi connectivity index (χ3n) is 3.21. The quantitative estimate of drug-likeness (QED) is 0.711. The van der Waals surface area contributed by atoms with Gasteiger partial charge in [0.25, 0.3) is 5.56 Å². The highest BCUT2D eigenvalue weighted by Crippen LogP contribution is 2.08. The van der Waals surface area contributed by atoms with Crippen molar-refractivity contribution >= 4 is 16.9 Å². The van der Waals surface area contributed by atoms with Gasteiger partial charge in [-0.15, -0.1) is 5.10 Å². The molecule has 0 aromatic carbocycles. The van der Waals surface area contributed by atoms with Crippen LogP contribution in [0.3, 0.4) is 0 Å². The maximum atomic E-state index is 12.3. The van der Waals surface area contributed by atoms with Gasteiger partial charge in [-0.1, -0.05) is 5.21 Å². The summed E-state index contributed by atoms with van der Waals surface area (Å²) in [7, 11) is 1.65. The summed E-state index contributed by atoms with van der Waals surface area (Å²) in [6.07, 6.45) is 1.52. The first-order valence-electron chi connectivity index (χ1n) is 6.62. The van der Waals surface area contributed by atoms with Crippen molar-refractivity contribution in [2.45, 2.75) is 20.0 Å². The highest BCUT2D eigenvalue weighted by Gasteiger charge is 2.15. The Morgan fingerprint density at radius 1 is 1.45 bits per heavy atom. The zero-order valence-corrected chi connectivity index (χ0v) is 12.1. The van der Waals surface area contributed by atoms with Crippen LogP contribution in [0.15, 0.2) is 27.6 Å². The van der Waals surface area contributed by atoms with Gasteiger partial charge in [-0.05, 0) is 19.1 Å². The Balaban J connectivity index is 1.79. The van der Waals surface area contributed by atoms with Gasteiger partial charge in [-0.2, -0.15) is 9.78 Å². The fraction of sp³-hybridized carbons (Fsp3) is 0.308. The zero-order chi connectivity index (χ0) is 15.7. The first kappa shape index (κ1) is 14.0. The standard InChI is InChI=1S/C13H14N6O3/c1-8-11-12(18(2)16-8)13(21)19(17-15-11)7-10(20)14-6-9-4-3-5-22-9/h3-5H,6-7H2,1-2H3,(H,14,20). The van der Waals surface area contributed by atoms with Gasteiger partial charge in [-0.25, -0.2) is 0 Å². The molecular formula is C13H14N6O3. The molecule has 3 aromatic heterocycles. The first-order valence-corrected chi connectivity index (χ1v) is 6.62. The Morgan fingerprint density at radius 3 is 3.00 bits per heavy atom. The third kappa shape index (κ3) is 2.48. The van der Waals surface area contributed by atoms with Crippen LogP contribution in [0.25, 0.3) is 11.0 Å². The number of hydrogen-bond acceptors (Lipinski definition) is 6. The Hall–Kier alpha value is -2.97. The first-order chi connectivity index (χ1) is 10.6. The van der Waals surface area contributed by atoms with E-state index >= 15 is 0 Å². The summed E-state index contributed by atoms with van der Waals surface area (Å²) >= 11 is 0. The largest absolute Gasteiger partial charge is 0.467 e. The molecule has 9 heteroatoms. The van der Waals surface area contributed by atoms with E-state index in [0.29, 0.717) is 22.5 Å². The van der Waals surface area contributed by atoms with E-state index < -0.39 is 5.56 Å². The molecule has 0 aliphatic carbocycles. The van der Waals surface area contributed by atoms with Crippen LogP contribution in [-0.2, 0) is 24.9 Å². The molecule has 22 heavy (non-hydrogen) atoms. The predicted octanol–water partition coefficient (Wildman–Crippen LogP) is -0.257. The van der Waals surface area contributed by atoms with E-state index in [0.717, 1.165) is 4.68 Å². The number of amides is 1. The van der Waals surface area contributed by atoms with E-state index in [1.165, 1.54) is 10.9 Å². The molecule has 0 fully saturated rings. The van der Waals surface area contributed by atoms with E-state index in [9.17, 15) is 9.59 Å². The van der Waals surface area contributed by atoms with Crippen molar-refractivity contribution in [2.24, 2.45) is 7.05 Å². The van der Waals surface area contributed by atoms with E-state index in [2.05, 4.69) is 20.7 Å². The van der Waals surface area contributed by atoms with Crippen molar-refractivity contribution in [1.29, 1.82) is 0 Å². The van der Waals surface area contributed by atoms with E-state index in [1.54, 1.807) is 26.1 Å². The van der Waals surface area contributed by atoms with Crippen LogP contribution in [0, 0.1) is 6.92 Å². The molecule has 1 N–H and O–H groups in total. The number of nitrogens with zero attached hydrogens (tertiary/aromatic N) is 5. The van der Waals surface area contributed by atoms with Crippen molar-refractivity contribution in [3.8, 4) is 0 Å². The minimum atomic E-state index is -0.402. The number of furan rings is 1. The number of aryl methyl sites for hydroxylation is 2. The maximum absolute atomic E-state index is 12.3. The molecule has 3 heterocycles. The Kier molecular flexibility index (Phi) is 3.45. The molecule has 0 aliphatic heterocycles. The van der Waals surface area contributed by atoms with Crippen LogP contribution in [-0.4, -0.2) is 30.7 Å². The van der Waals surface area contributed by atoms with Gasteiger partial charge in [0.1, 0.15) is 17.8 Å². The molecule has 114 valence electrons. The number of carbonyl (C=O) groups excluding carboxylic acids is 1. The van der Waals surface area contributed by atoms with Gasteiger partial charge < -0.3 is 9.73 Å². The second kappa shape index (κ2) is 5.43. The number of rotatable bonds is 4. The van der Waals surface area contributed by atoms with Crippen molar-refractivity contribution < 1.29 is 9.21 Å². The monoisotopic (exact) mass is 302 g/mol. The lowest BCUT2D eigenvalue weighted by Gasteiger charge is -2.05. The average molecular weight is 302 g/mol. The van der Waals surface area contributed by atoms with Gasteiger partial charge in [0.15, 0.2) is 5.52 Å². The molecule has 0 bridgehead atoms. The van der Waals surface area contributed by atoms with Crippen molar-refractivity contribution in [2.75, 3.05) is 0 Å². The van der Waals surface area contributed by atoms with Crippen LogP contribution >= 0.6 is 0 Å². The molecule has 3 rings (SSSR count). The van der Waals surface area contributed by atoms with Gasteiger partial charge >= 0.3 is 0 Å². The topological polar surface area (TPSA) is 108 Å². The van der Waals surface area contributed by atoms with E-state index in [-0.39, 0.29) is 19.0 Å². The maximum Gasteiger partial charge on any atom is 0.296 e. The van der Waals surface area contributed by atoms with Crippen LogP contribution < -0.4 is 10.9 Å². The Bertz CT molecular complexity index is 877. The molecular weight excluding hydrogens is 288 g/mol. The zero-order valence-electron chi connectivity index (χ0n) is 12.1. The number of aromatic nitrogens is 5. The van der Waals surface area contributed by atoms with Crippen LogP contribution in [0.1, 0.15) is 11.5 Å². The molecule has 0 unspecified atom stereocenters. The molecule has 0 saturated heterocycles. The summed E-state index contributed by atoms with van der Waals surface area (Å²) in [5.41, 5.74) is 0.990. The lowest BCUT2D eigenvalue weighted by molar-refractivity contribution is -0.122. The van der Waals surface area contributed by atoms with Crippen molar-refractivity contribution in [3.05, 3.63) is 40.2 Å². The second-order valence-corrected chi connectivity index (χ2v) is 4.81. The smallest absolute Gasteiger partial charge is 0.296 e. The molecule has 0 saturated carbocycles. The summed E-state index contributed by atoms with van der Waals surface area (Å²) in [5.74, 6) is 0.274. The lowest BCUT2D eigenvalue weighted by Crippen LogP contribution is -2.34. The fourth-order valence-electron chi connectivity index (χ4n) is 2.16. The second-order valence-electron chi connectivity index (χ2n) is 4.81. The SMILES string of the molecule is Cc1nn(C)c2c(=O)n(CC(=O)NCc3ccco3)nnc12. The van der Waals surface area contributed by atoms with Crippen molar-refractivity contribution in [1.82, 2.24) is 30.1 Å². The lowest BCUT2D eigenvalue weighted by atomic mass is 10.4. The summed E-state index contributed by atoms with van der Waals surface area (Å²) in [6.45, 7) is 1.78. The summed E-state index contributed by atoms with van der Waals surface area (Å²) in [5, 5.41) is 14.5. The number of nitrogens with one attached hydrogen (secondary N) is 1. The third-order valence-corrected chi connectivity index (χ3v) is 3.21. The minimum Gasteiger partial charge on any atom is -0.467 e. The van der Waals surface area contributed by atoms with E-state index in [1.807, 2.05) is 0 Å². The molecule has 0 spiro atoms. The molecule has 0 aliphatic rings. The van der Waals surface area contributed by atoms with Gasteiger partial charge in [0, 0.05) is 7.05 Å². The van der Waals surface area contributed by atoms with Gasteiger partial charge in [-0.3, -0.25) is 14.3 Å². The van der Waals surface area contributed by atoms with Gasteiger partial charge in [0.05, 0.1) is 18.5 Å². The Labute approximate surface area is 124 Å². The number of carbonyl (C=O) groups is 1. The predicted molar refractivity (Wildman–Crippen MR) is 75.9 cm³/mol. The average Bonchev–Trinajstić information content (AvgIpc) is 3.08. The van der Waals surface area contributed by atoms with E-state index in [4.69, 9.17) is 4.42 Å². The molecule has 3 aromatic rings.